The first-order valence-corrected chi connectivity index (χ1v) is 7.22. The van der Waals surface area contributed by atoms with Crippen LogP contribution in [0.25, 0.3) is 0 Å². The smallest absolute Gasteiger partial charge is 0.396 e. The van der Waals surface area contributed by atoms with Crippen LogP contribution in [-0.2, 0) is 11.0 Å². The first kappa shape index (κ1) is 18.5. The molecular weight excluding hydrogens is 295 g/mol. The molecule has 1 aromatic rings. The highest BCUT2D eigenvalue weighted by Gasteiger charge is 2.30. The molecule has 124 valence electrons. The van der Waals surface area contributed by atoms with Crippen LogP contribution in [0.2, 0.25) is 0 Å². The number of aliphatic hydroxyl groups excluding tert-OH is 1. The van der Waals surface area contributed by atoms with Crippen molar-refractivity contribution < 1.29 is 23.1 Å². The topological polar surface area (TPSA) is 49.3 Å². The maximum absolute atomic E-state index is 12.5. The second kappa shape index (κ2) is 7.63. The van der Waals surface area contributed by atoms with Gasteiger partial charge in [-0.25, -0.2) is 0 Å². The van der Waals surface area contributed by atoms with Gasteiger partial charge in [0.05, 0.1) is 5.56 Å². The van der Waals surface area contributed by atoms with Crippen LogP contribution in [0, 0.1) is 5.92 Å². The van der Waals surface area contributed by atoms with Gasteiger partial charge in [0.1, 0.15) is 0 Å². The lowest BCUT2D eigenvalue weighted by molar-refractivity contribution is -0.137. The molecule has 0 spiro atoms. The molecule has 0 radical (unpaired) electrons. The summed E-state index contributed by atoms with van der Waals surface area (Å²) in [6, 6.07) is 4.71. The molecule has 0 aliphatic heterocycles. The number of carbonyl (C=O) groups is 1. The predicted octanol–water partition coefficient (Wildman–Crippen LogP) is 3.33. The van der Waals surface area contributed by atoms with Crippen LogP contribution in [0.15, 0.2) is 24.3 Å². The Labute approximate surface area is 128 Å². The van der Waals surface area contributed by atoms with Gasteiger partial charge in [0.25, 0.3) is 0 Å². The van der Waals surface area contributed by atoms with Gasteiger partial charge in [-0.05, 0) is 36.5 Å². The second-order valence-electron chi connectivity index (χ2n) is 5.74. The summed E-state index contributed by atoms with van der Waals surface area (Å²) in [4.78, 5) is 11.9. The molecule has 0 aliphatic carbocycles. The Kier molecular flexibility index (Phi) is 6.41. The van der Waals surface area contributed by atoms with E-state index >= 15 is 0 Å². The quantitative estimate of drug-likeness (QED) is 0.845. The van der Waals surface area contributed by atoms with Gasteiger partial charge in [-0.3, -0.25) is 4.79 Å². The molecule has 0 bridgehead atoms. The number of aliphatic hydroxyl groups is 1. The van der Waals surface area contributed by atoms with E-state index < -0.39 is 11.7 Å². The Morgan fingerprint density at radius 2 is 1.73 bits per heavy atom. The summed E-state index contributed by atoms with van der Waals surface area (Å²) in [6.45, 7) is 5.41. The van der Waals surface area contributed by atoms with Crippen molar-refractivity contribution in [1.82, 2.24) is 5.32 Å². The Hall–Kier alpha value is -1.56. The molecular formula is C16H22F3NO2. The molecule has 1 aromatic carbocycles. The van der Waals surface area contributed by atoms with Crippen molar-refractivity contribution in [3.8, 4) is 0 Å². The summed E-state index contributed by atoms with van der Waals surface area (Å²) in [7, 11) is 0. The minimum absolute atomic E-state index is 0.0180. The number of nitrogens with one attached hydrogen (secondary N) is 1. The Bertz CT molecular complexity index is 485. The number of rotatable bonds is 6. The first-order chi connectivity index (χ1) is 10.1. The summed E-state index contributed by atoms with van der Waals surface area (Å²) in [5.41, 5.74) is -0.00990. The molecule has 0 aliphatic rings. The van der Waals surface area contributed by atoms with Gasteiger partial charge in [0.15, 0.2) is 0 Å². The Morgan fingerprint density at radius 1 is 1.18 bits per heavy atom. The van der Waals surface area contributed by atoms with Crippen LogP contribution in [0.1, 0.15) is 44.2 Å². The van der Waals surface area contributed by atoms with Crippen molar-refractivity contribution in [2.75, 3.05) is 6.61 Å². The van der Waals surface area contributed by atoms with E-state index in [4.69, 9.17) is 5.11 Å². The lowest BCUT2D eigenvalue weighted by Crippen LogP contribution is -2.38. The normalized spacial score (nSPS) is 16.0. The van der Waals surface area contributed by atoms with Crippen molar-refractivity contribution in [1.29, 1.82) is 0 Å². The molecule has 3 nitrogen and oxygen atoms in total. The highest BCUT2D eigenvalue weighted by molar-refractivity contribution is 5.77. The molecule has 6 heteroatoms. The fourth-order valence-electron chi connectivity index (χ4n) is 2.01. The lowest BCUT2D eigenvalue weighted by Gasteiger charge is -2.20. The van der Waals surface area contributed by atoms with Gasteiger partial charge < -0.3 is 10.4 Å². The molecule has 0 saturated heterocycles. The largest absolute Gasteiger partial charge is 0.416 e. The van der Waals surface area contributed by atoms with Crippen LogP contribution in [-0.4, -0.2) is 23.7 Å². The van der Waals surface area contributed by atoms with E-state index in [1.165, 1.54) is 12.1 Å². The maximum atomic E-state index is 12.5. The fourth-order valence-corrected chi connectivity index (χ4v) is 2.01. The van der Waals surface area contributed by atoms with E-state index in [0.717, 1.165) is 12.1 Å². The van der Waals surface area contributed by atoms with Crippen molar-refractivity contribution in [3.63, 3.8) is 0 Å². The van der Waals surface area contributed by atoms with Crippen molar-refractivity contribution in [2.24, 2.45) is 5.92 Å². The maximum Gasteiger partial charge on any atom is 0.416 e. The molecule has 0 heterocycles. The Morgan fingerprint density at radius 3 is 2.18 bits per heavy atom. The number of hydrogen-bond donors (Lipinski definition) is 2. The Balaban J connectivity index is 2.61. The third kappa shape index (κ3) is 5.33. The van der Waals surface area contributed by atoms with Gasteiger partial charge >= 0.3 is 6.18 Å². The van der Waals surface area contributed by atoms with Crippen molar-refractivity contribution in [2.45, 2.75) is 45.3 Å². The highest BCUT2D eigenvalue weighted by atomic mass is 19.4. The molecule has 22 heavy (non-hydrogen) atoms. The van der Waals surface area contributed by atoms with Crippen molar-refractivity contribution >= 4 is 5.91 Å². The zero-order valence-electron chi connectivity index (χ0n) is 12.9. The first-order valence-electron chi connectivity index (χ1n) is 7.22. The molecule has 2 N–H and O–H groups in total. The molecule has 3 unspecified atom stereocenters. The third-order valence-corrected chi connectivity index (χ3v) is 3.83. The molecule has 1 amide bonds. The second-order valence-corrected chi connectivity index (χ2v) is 5.74. The van der Waals surface area contributed by atoms with Gasteiger partial charge in [-0.1, -0.05) is 26.0 Å². The number of hydrogen-bond acceptors (Lipinski definition) is 2. The van der Waals surface area contributed by atoms with Crippen LogP contribution >= 0.6 is 0 Å². The number of alkyl halides is 3. The zero-order chi connectivity index (χ0) is 16.9. The molecule has 1 rings (SSSR count). The standard InChI is InChI=1S/C16H22F3NO2/c1-10(8-15(22)20-12(3)11(2)9-21)13-4-6-14(7-5-13)16(17,18)19/h4-7,10-12,21H,8-9H2,1-3H3,(H,20,22). The van der Waals surface area contributed by atoms with Gasteiger partial charge in [-0.15, -0.1) is 0 Å². The average molecular weight is 317 g/mol. The van der Waals surface area contributed by atoms with Crippen LogP contribution in [0.4, 0.5) is 13.2 Å². The predicted molar refractivity (Wildman–Crippen MR) is 78.3 cm³/mol. The third-order valence-electron chi connectivity index (χ3n) is 3.83. The van der Waals surface area contributed by atoms with E-state index in [9.17, 15) is 18.0 Å². The molecule has 3 atom stereocenters. The summed E-state index contributed by atoms with van der Waals surface area (Å²) in [5, 5.41) is 11.8. The van der Waals surface area contributed by atoms with Gasteiger partial charge in [-0.2, -0.15) is 13.2 Å². The number of benzene rings is 1. The van der Waals surface area contributed by atoms with Crippen LogP contribution < -0.4 is 5.32 Å². The lowest BCUT2D eigenvalue weighted by atomic mass is 9.96. The number of amides is 1. The van der Waals surface area contributed by atoms with Crippen LogP contribution in [0.5, 0.6) is 0 Å². The van der Waals surface area contributed by atoms with Gasteiger partial charge in [0.2, 0.25) is 5.91 Å². The minimum atomic E-state index is -4.35. The summed E-state index contributed by atoms with van der Waals surface area (Å²) >= 11 is 0. The van der Waals surface area contributed by atoms with E-state index in [-0.39, 0.29) is 36.8 Å². The number of carbonyl (C=O) groups excluding carboxylic acids is 1. The van der Waals surface area contributed by atoms with Crippen molar-refractivity contribution in [3.05, 3.63) is 35.4 Å². The summed E-state index contributed by atoms with van der Waals surface area (Å²) in [5.74, 6) is -0.413. The van der Waals surface area contributed by atoms with E-state index in [1.807, 2.05) is 13.8 Å². The van der Waals surface area contributed by atoms with E-state index in [1.54, 1.807) is 6.92 Å². The minimum Gasteiger partial charge on any atom is -0.396 e. The average Bonchev–Trinajstić information content (AvgIpc) is 2.45. The summed E-state index contributed by atoms with van der Waals surface area (Å²) < 4.78 is 37.5. The van der Waals surface area contributed by atoms with E-state index in [2.05, 4.69) is 5.32 Å². The van der Waals surface area contributed by atoms with Gasteiger partial charge in [0, 0.05) is 19.1 Å². The molecule has 0 aromatic heterocycles. The zero-order valence-corrected chi connectivity index (χ0v) is 12.9. The fraction of sp³-hybridized carbons (Fsp3) is 0.562. The number of halogens is 3. The molecule has 0 saturated carbocycles. The monoisotopic (exact) mass is 317 g/mol. The SMILES string of the molecule is CC(CC(=O)NC(C)C(C)CO)c1ccc(C(F)(F)F)cc1. The molecule has 0 fully saturated rings. The van der Waals surface area contributed by atoms with E-state index in [0.29, 0.717) is 5.56 Å². The van der Waals surface area contributed by atoms with Crippen LogP contribution in [0.3, 0.4) is 0 Å². The highest BCUT2D eigenvalue weighted by Crippen LogP contribution is 2.30. The summed E-state index contributed by atoms with van der Waals surface area (Å²) in [6.07, 6.45) is -4.16.